The van der Waals surface area contributed by atoms with Crippen LogP contribution in [0.1, 0.15) is 56.1 Å². The SMILES string of the molecule is CC(=O)OC[C@H]1O[C@@H](c2ccc(C)c(Cc3ccc(O)cc3)c2)[C@H](OC(C)=O)C(OC(C)=O)[C@@H]1OC(C)=O. The van der Waals surface area contributed by atoms with E-state index in [1.165, 1.54) is 27.7 Å². The second kappa shape index (κ2) is 12.6. The van der Waals surface area contributed by atoms with Crippen LogP contribution in [0.2, 0.25) is 0 Å². The van der Waals surface area contributed by atoms with E-state index >= 15 is 0 Å². The third-order valence-electron chi connectivity index (χ3n) is 6.02. The molecule has 0 amide bonds. The third kappa shape index (κ3) is 7.55. The van der Waals surface area contributed by atoms with E-state index in [1.807, 2.05) is 31.2 Å². The summed E-state index contributed by atoms with van der Waals surface area (Å²) >= 11 is 0. The molecule has 1 aliphatic rings. The van der Waals surface area contributed by atoms with E-state index in [9.17, 15) is 24.3 Å². The quantitative estimate of drug-likeness (QED) is 0.402. The molecule has 1 saturated heterocycles. The van der Waals surface area contributed by atoms with Gasteiger partial charge in [0.1, 0.15) is 24.6 Å². The molecule has 1 heterocycles. The third-order valence-corrected chi connectivity index (χ3v) is 6.02. The molecule has 3 rings (SSSR count). The van der Waals surface area contributed by atoms with E-state index < -0.39 is 54.4 Å². The van der Waals surface area contributed by atoms with E-state index in [0.29, 0.717) is 12.0 Å². The number of esters is 4. The number of carbonyl (C=O) groups excluding carboxylic acids is 4. The van der Waals surface area contributed by atoms with Crippen molar-refractivity contribution in [2.45, 2.75) is 71.6 Å². The molecule has 1 unspecified atom stereocenters. The molecule has 2 aromatic carbocycles. The predicted octanol–water partition coefficient (Wildman–Crippen LogP) is 3.09. The number of phenolic OH excluding ortho intramolecular Hbond substituents is 1. The van der Waals surface area contributed by atoms with Crippen molar-refractivity contribution < 1.29 is 48.0 Å². The predicted molar refractivity (Wildman–Crippen MR) is 133 cm³/mol. The Balaban J connectivity index is 2.06. The molecular weight excluding hydrogens is 496 g/mol. The lowest BCUT2D eigenvalue weighted by Crippen LogP contribution is -2.59. The molecule has 10 heteroatoms. The van der Waals surface area contributed by atoms with Crippen molar-refractivity contribution in [2.75, 3.05) is 6.61 Å². The van der Waals surface area contributed by atoms with Gasteiger partial charge in [0, 0.05) is 27.7 Å². The Kier molecular flexibility index (Phi) is 9.46. The minimum atomic E-state index is -1.23. The number of rotatable bonds is 8. The van der Waals surface area contributed by atoms with E-state index in [-0.39, 0.29) is 12.4 Å². The Morgan fingerprint density at radius 3 is 1.95 bits per heavy atom. The van der Waals surface area contributed by atoms with Crippen molar-refractivity contribution in [3.63, 3.8) is 0 Å². The van der Waals surface area contributed by atoms with Crippen LogP contribution in [-0.4, -0.2) is 60.0 Å². The van der Waals surface area contributed by atoms with Crippen molar-refractivity contribution in [3.05, 3.63) is 64.7 Å². The fourth-order valence-corrected chi connectivity index (χ4v) is 4.39. The number of ether oxygens (including phenoxy) is 5. The summed E-state index contributed by atoms with van der Waals surface area (Å²) in [5.74, 6) is -2.44. The molecule has 38 heavy (non-hydrogen) atoms. The standard InChI is InChI=1S/C28H32O10/c1-15-6-9-21(13-22(15)12-20-7-10-23(33)11-8-20)25-27(36-18(4)31)28(37-19(5)32)26(35-17(3)30)24(38-25)14-34-16(2)29/h6-11,13,24-28,33H,12,14H2,1-5H3/t24-,25+,26-,27+,28?/m1/s1. The van der Waals surface area contributed by atoms with Gasteiger partial charge in [-0.15, -0.1) is 0 Å². The van der Waals surface area contributed by atoms with Gasteiger partial charge in [-0.2, -0.15) is 0 Å². The van der Waals surface area contributed by atoms with Gasteiger partial charge in [0.05, 0.1) is 0 Å². The summed E-state index contributed by atoms with van der Waals surface area (Å²) in [4.78, 5) is 47.7. The average Bonchev–Trinajstić information content (AvgIpc) is 2.82. The minimum Gasteiger partial charge on any atom is -0.508 e. The molecule has 204 valence electrons. The number of carbonyl (C=O) groups is 4. The highest BCUT2D eigenvalue weighted by Gasteiger charge is 2.52. The van der Waals surface area contributed by atoms with Crippen molar-refractivity contribution in [1.82, 2.24) is 0 Å². The number of benzene rings is 2. The number of phenols is 1. The Morgan fingerprint density at radius 2 is 1.37 bits per heavy atom. The van der Waals surface area contributed by atoms with E-state index in [4.69, 9.17) is 23.7 Å². The van der Waals surface area contributed by atoms with Gasteiger partial charge in [-0.25, -0.2) is 0 Å². The molecule has 0 aliphatic carbocycles. The minimum absolute atomic E-state index is 0.164. The summed E-state index contributed by atoms with van der Waals surface area (Å²) in [5.41, 5.74) is 3.51. The summed E-state index contributed by atoms with van der Waals surface area (Å²) in [5, 5.41) is 9.60. The zero-order valence-corrected chi connectivity index (χ0v) is 22.0. The molecule has 1 N–H and O–H groups in total. The Labute approximate surface area is 220 Å². The van der Waals surface area contributed by atoms with Crippen LogP contribution in [0.25, 0.3) is 0 Å². The molecule has 10 nitrogen and oxygen atoms in total. The van der Waals surface area contributed by atoms with Gasteiger partial charge in [-0.1, -0.05) is 30.3 Å². The van der Waals surface area contributed by atoms with E-state index in [2.05, 4.69) is 0 Å². The maximum atomic E-state index is 12.1. The Hall–Kier alpha value is -3.92. The fraction of sp³-hybridized carbons (Fsp3) is 0.429. The highest BCUT2D eigenvalue weighted by Crippen LogP contribution is 2.38. The van der Waals surface area contributed by atoms with Gasteiger partial charge < -0.3 is 28.8 Å². The van der Waals surface area contributed by atoms with E-state index in [1.54, 1.807) is 18.2 Å². The summed E-state index contributed by atoms with van der Waals surface area (Å²) < 4.78 is 28.0. The topological polar surface area (TPSA) is 135 Å². The summed E-state index contributed by atoms with van der Waals surface area (Å²) in [6.45, 7) is 6.45. The molecule has 0 spiro atoms. The van der Waals surface area contributed by atoms with Crippen LogP contribution in [0.4, 0.5) is 0 Å². The van der Waals surface area contributed by atoms with E-state index in [0.717, 1.165) is 16.7 Å². The molecular formula is C28H32O10. The van der Waals surface area contributed by atoms with Gasteiger partial charge in [0.2, 0.25) is 0 Å². The summed E-state index contributed by atoms with van der Waals surface area (Å²) in [6.07, 6.45) is -5.04. The average molecular weight is 529 g/mol. The second-order valence-corrected chi connectivity index (χ2v) is 9.15. The molecule has 5 atom stereocenters. The summed E-state index contributed by atoms with van der Waals surface area (Å²) in [6, 6.07) is 12.4. The second-order valence-electron chi connectivity index (χ2n) is 9.15. The maximum Gasteiger partial charge on any atom is 0.303 e. The maximum absolute atomic E-state index is 12.1. The first-order valence-corrected chi connectivity index (χ1v) is 12.1. The number of hydrogen-bond donors (Lipinski definition) is 1. The zero-order valence-electron chi connectivity index (χ0n) is 22.0. The smallest absolute Gasteiger partial charge is 0.303 e. The van der Waals surface area contributed by atoms with Gasteiger partial charge in [-0.05, 0) is 47.7 Å². The summed E-state index contributed by atoms with van der Waals surface area (Å²) in [7, 11) is 0. The number of aryl methyl sites for hydroxylation is 1. The zero-order chi connectivity index (χ0) is 28.0. The molecule has 2 aromatic rings. The highest BCUT2D eigenvalue weighted by atomic mass is 16.7. The van der Waals surface area contributed by atoms with Crippen LogP contribution < -0.4 is 0 Å². The van der Waals surface area contributed by atoms with Crippen molar-refractivity contribution >= 4 is 23.9 Å². The van der Waals surface area contributed by atoms with Gasteiger partial charge in [0.15, 0.2) is 18.3 Å². The van der Waals surface area contributed by atoms with Gasteiger partial charge in [0.25, 0.3) is 0 Å². The first kappa shape index (κ1) is 28.6. The number of aromatic hydroxyl groups is 1. The van der Waals surface area contributed by atoms with Crippen LogP contribution >= 0.6 is 0 Å². The molecule has 1 aliphatic heterocycles. The van der Waals surface area contributed by atoms with Gasteiger partial charge in [-0.3, -0.25) is 19.2 Å². The lowest BCUT2D eigenvalue weighted by Gasteiger charge is -2.44. The lowest BCUT2D eigenvalue weighted by atomic mass is 9.88. The first-order valence-electron chi connectivity index (χ1n) is 12.1. The Bertz CT molecular complexity index is 1170. The first-order chi connectivity index (χ1) is 17.9. The van der Waals surface area contributed by atoms with Crippen LogP contribution in [-0.2, 0) is 49.3 Å². The molecule has 0 bridgehead atoms. The van der Waals surface area contributed by atoms with Gasteiger partial charge >= 0.3 is 23.9 Å². The van der Waals surface area contributed by atoms with Crippen molar-refractivity contribution in [3.8, 4) is 5.75 Å². The molecule has 0 radical (unpaired) electrons. The monoisotopic (exact) mass is 528 g/mol. The molecule has 0 saturated carbocycles. The van der Waals surface area contributed by atoms with Crippen LogP contribution in [0, 0.1) is 6.92 Å². The molecule has 1 fully saturated rings. The van der Waals surface area contributed by atoms with Crippen LogP contribution in [0.15, 0.2) is 42.5 Å². The largest absolute Gasteiger partial charge is 0.508 e. The van der Waals surface area contributed by atoms with Crippen molar-refractivity contribution in [2.24, 2.45) is 0 Å². The van der Waals surface area contributed by atoms with Crippen LogP contribution in [0.5, 0.6) is 5.75 Å². The lowest BCUT2D eigenvalue weighted by molar-refractivity contribution is -0.254. The van der Waals surface area contributed by atoms with Crippen molar-refractivity contribution in [1.29, 1.82) is 0 Å². The number of hydrogen-bond acceptors (Lipinski definition) is 10. The highest BCUT2D eigenvalue weighted by molar-refractivity contribution is 5.69. The van der Waals surface area contributed by atoms with Crippen LogP contribution in [0.3, 0.4) is 0 Å². The normalized spacial score (nSPS) is 22.7. The Morgan fingerprint density at radius 1 is 0.789 bits per heavy atom. The fourth-order valence-electron chi connectivity index (χ4n) is 4.39. The molecule has 0 aromatic heterocycles.